The molecule has 0 bridgehead atoms. The van der Waals surface area contributed by atoms with Gasteiger partial charge in [-0.1, -0.05) is 6.07 Å². The van der Waals surface area contributed by atoms with Crippen molar-refractivity contribution in [1.29, 1.82) is 0 Å². The van der Waals surface area contributed by atoms with Crippen molar-refractivity contribution in [3.8, 4) is 5.75 Å². The fraction of sp³-hybridized carbons (Fsp3) is 0.200. The predicted molar refractivity (Wildman–Crippen MR) is 81.9 cm³/mol. The molecule has 0 radical (unpaired) electrons. The number of ether oxygens (including phenoxy) is 1. The summed E-state index contributed by atoms with van der Waals surface area (Å²) in [4.78, 5) is 11.1. The first-order chi connectivity index (χ1) is 11.3. The van der Waals surface area contributed by atoms with Crippen LogP contribution in [0.1, 0.15) is 11.3 Å². The van der Waals surface area contributed by atoms with E-state index in [1.54, 1.807) is 12.3 Å². The van der Waals surface area contributed by atoms with Gasteiger partial charge in [0.05, 0.1) is 33.3 Å². The number of rotatable bonds is 4. The van der Waals surface area contributed by atoms with Gasteiger partial charge in [0.2, 0.25) is 0 Å². The number of hydrogen-bond donors (Lipinski definition) is 1. The first kappa shape index (κ1) is 16.4. The van der Waals surface area contributed by atoms with Crippen LogP contribution in [0.4, 0.5) is 13.2 Å². The van der Waals surface area contributed by atoms with Gasteiger partial charge in [-0.25, -0.2) is 4.98 Å². The van der Waals surface area contributed by atoms with E-state index in [4.69, 9.17) is 0 Å². The lowest BCUT2D eigenvalue weighted by Crippen LogP contribution is -2.16. The minimum Gasteiger partial charge on any atom is -0.406 e. The lowest BCUT2D eigenvalue weighted by atomic mass is 10.2. The highest BCUT2D eigenvalue weighted by atomic mass is 32.2. The number of aromatic amines is 1. The van der Waals surface area contributed by atoms with Crippen molar-refractivity contribution in [3.05, 3.63) is 47.8 Å². The fourth-order valence-electron chi connectivity index (χ4n) is 2.13. The van der Waals surface area contributed by atoms with Gasteiger partial charge in [-0.05, 0) is 30.7 Å². The van der Waals surface area contributed by atoms with Crippen LogP contribution in [0.5, 0.6) is 5.75 Å². The molecule has 0 aliphatic rings. The van der Waals surface area contributed by atoms with Gasteiger partial charge in [-0.3, -0.25) is 9.19 Å². The molecule has 0 spiro atoms. The summed E-state index contributed by atoms with van der Waals surface area (Å²) >= 11 is 0. The third kappa shape index (κ3) is 3.73. The van der Waals surface area contributed by atoms with Gasteiger partial charge < -0.3 is 9.72 Å². The standard InChI is InChI=1S/C15H12F3N3O2S/c1-9-3-2-6-19-13(9)8-24(22)14-20-11-5-4-10(7-12(11)21-14)23-15(16,17)18/h2-7H,8H2,1H3,(H,20,21). The normalized spacial score (nSPS) is 13.2. The van der Waals surface area contributed by atoms with Crippen LogP contribution in [0.2, 0.25) is 0 Å². The monoisotopic (exact) mass is 355 g/mol. The lowest BCUT2D eigenvalue weighted by molar-refractivity contribution is -0.274. The third-order valence-corrected chi connectivity index (χ3v) is 4.43. The highest BCUT2D eigenvalue weighted by Crippen LogP contribution is 2.26. The molecule has 3 aromatic rings. The van der Waals surface area contributed by atoms with E-state index >= 15 is 0 Å². The number of alkyl halides is 3. The molecule has 1 N–H and O–H groups in total. The first-order valence-electron chi connectivity index (χ1n) is 6.86. The molecule has 2 heterocycles. The molecule has 0 saturated heterocycles. The molecule has 24 heavy (non-hydrogen) atoms. The summed E-state index contributed by atoms with van der Waals surface area (Å²) in [5.41, 5.74) is 2.31. The van der Waals surface area contributed by atoms with Crippen LogP contribution < -0.4 is 4.74 Å². The zero-order chi connectivity index (χ0) is 17.3. The van der Waals surface area contributed by atoms with Gasteiger partial charge in [-0.2, -0.15) is 0 Å². The number of imidazole rings is 1. The molecular formula is C15H12F3N3O2S. The number of fused-ring (bicyclic) bond motifs is 1. The van der Waals surface area contributed by atoms with Gasteiger partial charge in [0.15, 0.2) is 5.16 Å². The molecule has 0 aliphatic carbocycles. The Bertz CT molecular complexity index is 908. The first-order valence-corrected chi connectivity index (χ1v) is 8.18. The quantitative estimate of drug-likeness (QED) is 0.778. The largest absolute Gasteiger partial charge is 0.573 e. The second-order valence-electron chi connectivity index (χ2n) is 5.03. The van der Waals surface area contributed by atoms with Crippen LogP contribution in [0, 0.1) is 6.92 Å². The Morgan fingerprint density at radius 2 is 2.08 bits per heavy atom. The Hall–Kier alpha value is -2.42. The number of aromatic nitrogens is 3. The highest BCUT2D eigenvalue weighted by Gasteiger charge is 2.31. The van der Waals surface area contributed by atoms with Crippen LogP contribution >= 0.6 is 0 Å². The number of pyridine rings is 1. The van der Waals surface area contributed by atoms with Crippen LogP contribution in [0.3, 0.4) is 0 Å². The van der Waals surface area contributed by atoms with Crippen molar-refractivity contribution in [2.75, 3.05) is 0 Å². The Morgan fingerprint density at radius 3 is 2.79 bits per heavy atom. The van der Waals surface area contributed by atoms with Crippen molar-refractivity contribution >= 4 is 21.8 Å². The second-order valence-corrected chi connectivity index (χ2v) is 6.39. The van der Waals surface area contributed by atoms with E-state index < -0.39 is 17.2 Å². The molecule has 0 amide bonds. The number of halogens is 3. The maximum Gasteiger partial charge on any atom is 0.573 e. The van der Waals surface area contributed by atoms with Crippen LogP contribution in [0.25, 0.3) is 11.0 Å². The molecular weight excluding hydrogens is 343 g/mol. The summed E-state index contributed by atoms with van der Waals surface area (Å²) in [5, 5.41) is 0.180. The molecule has 1 atom stereocenters. The smallest absolute Gasteiger partial charge is 0.406 e. The van der Waals surface area contributed by atoms with E-state index in [1.807, 2.05) is 13.0 Å². The Morgan fingerprint density at radius 1 is 1.29 bits per heavy atom. The number of hydrogen-bond acceptors (Lipinski definition) is 4. The number of nitrogens with one attached hydrogen (secondary N) is 1. The molecule has 1 aromatic carbocycles. The highest BCUT2D eigenvalue weighted by molar-refractivity contribution is 7.84. The van der Waals surface area contributed by atoms with Gasteiger partial charge >= 0.3 is 6.36 Å². The molecule has 9 heteroatoms. The van der Waals surface area contributed by atoms with Crippen molar-refractivity contribution in [2.24, 2.45) is 0 Å². The topological polar surface area (TPSA) is 67.9 Å². The molecule has 126 valence electrons. The number of benzene rings is 1. The minimum atomic E-state index is -4.77. The van der Waals surface area contributed by atoms with E-state index in [0.29, 0.717) is 16.7 Å². The van der Waals surface area contributed by atoms with Crippen molar-refractivity contribution in [2.45, 2.75) is 24.2 Å². The van der Waals surface area contributed by atoms with Gasteiger partial charge in [0.25, 0.3) is 0 Å². The molecule has 0 saturated carbocycles. The molecule has 2 aromatic heterocycles. The molecule has 1 unspecified atom stereocenters. The van der Waals surface area contributed by atoms with Crippen molar-refractivity contribution in [3.63, 3.8) is 0 Å². The summed E-state index contributed by atoms with van der Waals surface area (Å²) in [7, 11) is -1.50. The Balaban J connectivity index is 1.85. The summed E-state index contributed by atoms with van der Waals surface area (Å²) in [5.74, 6) is -0.199. The number of aryl methyl sites for hydroxylation is 1. The molecule has 5 nitrogen and oxygen atoms in total. The zero-order valence-corrected chi connectivity index (χ0v) is 13.2. The van der Waals surface area contributed by atoms with E-state index in [0.717, 1.165) is 11.6 Å². The minimum absolute atomic E-state index is 0.165. The van der Waals surface area contributed by atoms with E-state index in [1.165, 1.54) is 12.1 Å². The summed E-state index contributed by atoms with van der Waals surface area (Å²) in [6.45, 7) is 1.86. The molecule has 0 aliphatic heterocycles. The summed E-state index contributed by atoms with van der Waals surface area (Å²) in [6, 6.07) is 7.35. The lowest BCUT2D eigenvalue weighted by Gasteiger charge is -2.07. The van der Waals surface area contributed by atoms with E-state index in [2.05, 4.69) is 19.7 Å². The Kier molecular flexibility index (Phi) is 4.27. The van der Waals surface area contributed by atoms with Gasteiger partial charge in [-0.15, -0.1) is 13.2 Å². The van der Waals surface area contributed by atoms with E-state index in [9.17, 15) is 17.4 Å². The van der Waals surface area contributed by atoms with Crippen molar-refractivity contribution < 1.29 is 22.1 Å². The Labute approximate surface area is 137 Å². The SMILES string of the molecule is Cc1cccnc1CS(=O)c1nc2ccc(OC(F)(F)F)cc2[nH]1. The third-order valence-electron chi connectivity index (χ3n) is 3.27. The summed E-state index contributed by atoms with van der Waals surface area (Å²) in [6.07, 6.45) is -3.16. The average Bonchev–Trinajstić information content (AvgIpc) is 2.91. The second kappa shape index (κ2) is 6.23. The molecule has 3 rings (SSSR count). The van der Waals surface area contributed by atoms with Crippen LogP contribution in [-0.2, 0) is 16.6 Å². The van der Waals surface area contributed by atoms with Crippen LogP contribution in [-0.4, -0.2) is 25.5 Å². The van der Waals surface area contributed by atoms with Crippen LogP contribution in [0.15, 0.2) is 41.7 Å². The number of H-pyrrole nitrogens is 1. The molecule has 0 fully saturated rings. The average molecular weight is 355 g/mol. The fourth-order valence-corrected chi connectivity index (χ4v) is 3.24. The zero-order valence-electron chi connectivity index (χ0n) is 12.4. The van der Waals surface area contributed by atoms with E-state index in [-0.39, 0.29) is 16.7 Å². The van der Waals surface area contributed by atoms with Crippen molar-refractivity contribution in [1.82, 2.24) is 15.0 Å². The van der Waals surface area contributed by atoms with Gasteiger partial charge in [0.1, 0.15) is 5.75 Å². The van der Waals surface area contributed by atoms with Gasteiger partial charge in [0, 0.05) is 12.3 Å². The maximum atomic E-state index is 12.4. The predicted octanol–water partition coefficient (Wildman–Crippen LogP) is 3.47. The number of nitrogens with zero attached hydrogens (tertiary/aromatic N) is 2. The summed E-state index contributed by atoms with van der Waals surface area (Å²) < 4.78 is 53.0. The maximum absolute atomic E-state index is 12.4.